The van der Waals surface area contributed by atoms with Crippen molar-refractivity contribution in [2.45, 2.75) is 36.7 Å². The van der Waals surface area contributed by atoms with Gasteiger partial charge in [-0.25, -0.2) is 0 Å². The lowest BCUT2D eigenvalue weighted by molar-refractivity contribution is 0.520. The first kappa shape index (κ1) is 10.6. The van der Waals surface area contributed by atoms with Gasteiger partial charge in [-0.1, -0.05) is 47.1 Å². The molecule has 1 saturated carbocycles. The SMILES string of the molecule is S=P(Cl)(Cl)[C@@H]1CCCC[C@@H]1Cl. The van der Waals surface area contributed by atoms with Crippen LogP contribution >= 0.6 is 38.8 Å². The second kappa shape index (κ2) is 4.15. The molecule has 2 atom stereocenters. The summed E-state index contributed by atoms with van der Waals surface area (Å²) < 4.78 is -2.15. The van der Waals surface area contributed by atoms with Crippen LogP contribution in [0.15, 0.2) is 0 Å². The molecule has 0 unspecified atom stereocenters. The number of rotatable bonds is 1. The van der Waals surface area contributed by atoms with Crippen molar-refractivity contribution < 1.29 is 0 Å². The summed E-state index contributed by atoms with van der Waals surface area (Å²) in [7, 11) is 0. The van der Waals surface area contributed by atoms with E-state index in [9.17, 15) is 0 Å². The Morgan fingerprint density at radius 3 is 2.09 bits per heavy atom. The first-order valence-corrected chi connectivity index (χ1v) is 8.76. The molecule has 0 aromatic carbocycles. The number of alkyl halides is 1. The van der Waals surface area contributed by atoms with Gasteiger partial charge < -0.3 is 0 Å². The maximum atomic E-state index is 6.06. The molecule has 66 valence electrons. The molecular weight excluding hydrogens is 241 g/mol. The topological polar surface area (TPSA) is 0 Å². The van der Waals surface area contributed by atoms with Crippen LogP contribution in [0.4, 0.5) is 0 Å². The smallest absolute Gasteiger partial charge is 0.122 e. The fourth-order valence-electron chi connectivity index (χ4n) is 1.40. The molecule has 0 saturated heterocycles. The van der Waals surface area contributed by atoms with Crippen LogP contribution in [0.1, 0.15) is 25.7 Å². The molecule has 0 nitrogen and oxygen atoms in total. The van der Waals surface area contributed by atoms with E-state index < -0.39 is 4.74 Å². The molecule has 1 aliphatic rings. The van der Waals surface area contributed by atoms with Crippen LogP contribution in [0.5, 0.6) is 0 Å². The Morgan fingerprint density at radius 2 is 1.73 bits per heavy atom. The van der Waals surface area contributed by atoms with Gasteiger partial charge in [0, 0.05) is 11.0 Å². The summed E-state index contributed by atoms with van der Waals surface area (Å²) in [5, 5.41) is 0.115. The molecule has 0 amide bonds. The average molecular weight is 252 g/mol. The van der Waals surface area contributed by atoms with Crippen molar-refractivity contribution in [3.05, 3.63) is 0 Å². The zero-order chi connectivity index (χ0) is 8.48. The van der Waals surface area contributed by atoms with Crippen molar-refractivity contribution in [3.63, 3.8) is 0 Å². The maximum absolute atomic E-state index is 6.06. The lowest BCUT2D eigenvalue weighted by Crippen LogP contribution is -2.22. The van der Waals surface area contributed by atoms with Gasteiger partial charge in [-0.05, 0) is 12.8 Å². The van der Waals surface area contributed by atoms with Gasteiger partial charge in [-0.15, -0.1) is 11.6 Å². The Bertz CT molecular complexity index is 179. The monoisotopic (exact) mass is 250 g/mol. The molecule has 0 aliphatic heterocycles. The highest BCUT2D eigenvalue weighted by molar-refractivity contribution is 8.39. The lowest BCUT2D eigenvalue weighted by atomic mass is 10.00. The van der Waals surface area contributed by atoms with Gasteiger partial charge >= 0.3 is 0 Å². The summed E-state index contributed by atoms with van der Waals surface area (Å²) in [6.07, 6.45) is 4.39. The second-order valence-corrected chi connectivity index (χ2v) is 11.7. The maximum Gasteiger partial charge on any atom is 0.124 e. The van der Waals surface area contributed by atoms with Crippen LogP contribution in [0.2, 0.25) is 0 Å². The summed E-state index contributed by atoms with van der Waals surface area (Å²) in [6, 6.07) is 0. The molecule has 5 heteroatoms. The van der Waals surface area contributed by atoms with Gasteiger partial charge in [0.15, 0.2) is 0 Å². The quantitative estimate of drug-likeness (QED) is 0.494. The Balaban J connectivity index is 2.62. The molecule has 0 bridgehead atoms. The van der Waals surface area contributed by atoms with E-state index in [4.69, 9.17) is 45.9 Å². The normalized spacial score (nSPS) is 33.7. The molecule has 11 heavy (non-hydrogen) atoms. The van der Waals surface area contributed by atoms with E-state index in [2.05, 4.69) is 0 Å². The number of hydrogen-bond donors (Lipinski definition) is 0. The van der Waals surface area contributed by atoms with Gasteiger partial charge in [-0.3, -0.25) is 0 Å². The summed E-state index contributed by atoms with van der Waals surface area (Å²) in [6.45, 7) is 0. The van der Waals surface area contributed by atoms with Crippen LogP contribution in [0.3, 0.4) is 0 Å². The van der Waals surface area contributed by atoms with Crippen LogP contribution in [-0.2, 0) is 11.8 Å². The molecular formula is C6H10Cl3PS. The molecule has 1 rings (SSSR count). The van der Waals surface area contributed by atoms with Crippen molar-refractivity contribution in [1.82, 2.24) is 0 Å². The zero-order valence-electron chi connectivity index (χ0n) is 5.97. The third kappa shape index (κ3) is 3.04. The second-order valence-electron chi connectivity index (χ2n) is 2.87. The molecule has 1 fully saturated rings. The molecule has 0 radical (unpaired) electrons. The Labute approximate surface area is 87.2 Å². The Hall–Kier alpha value is 1.52. The van der Waals surface area contributed by atoms with E-state index in [1.165, 1.54) is 12.8 Å². The van der Waals surface area contributed by atoms with E-state index in [0.29, 0.717) is 0 Å². The van der Waals surface area contributed by atoms with Crippen molar-refractivity contribution >= 4 is 50.6 Å². The van der Waals surface area contributed by atoms with Gasteiger partial charge in [-0.2, -0.15) is 0 Å². The molecule has 1 aliphatic carbocycles. The largest absolute Gasteiger partial charge is 0.124 e. The summed E-state index contributed by atoms with van der Waals surface area (Å²) in [4.78, 5) is 0. The van der Waals surface area contributed by atoms with Gasteiger partial charge in [0.25, 0.3) is 0 Å². The van der Waals surface area contributed by atoms with E-state index in [0.717, 1.165) is 12.8 Å². The first-order chi connectivity index (χ1) is 5.02. The van der Waals surface area contributed by atoms with Crippen LogP contribution in [0.25, 0.3) is 0 Å². The van der Waals surface area contributed by atoms with E-state index in [-0.39, 0.29) is 11.0 Å². The van der Waals surface area contributed by atoms with Crippen molar-refractivity contribution in [3.8, 4) is 0 Å². The van der Waals surface area contributed by atoms with Crippen molar-refractivity contribution in [2.24, 2.45) is 0 Å². The van der Waals surface area contributed by atoms with Gasteiger partial charge in [0.05, 0.1) is 0 Å². The minimum absolute atomic E-state index is 0.115. The van der Waals surface area contributed by atoms with E-state index in [1.807, 2.05) is 0 Å². The van der Waals surface area contributed by atoms with Gasteiger partial charge in [0.1, 0.15) is 4.74 Å². The number of halogens is 3. The van der Waals surface area contributed by atoms with Gasteiger partial charge in [0.2, 0.25) is 0 Å². The summed E-state index contributed by atoms with van der Waals surface area (Å²) in [5.74, 6) is 0. The Kier molecular flexibility index (Phi) is 4.00. The molecule has 0 aromatic rings. The predicted molar refractivity (Wildman–Crippen MR) is 57.9 cm³/mol. The summed E-state index contributed by atoms with van der Waals surface area (Å²) in [5.41, 5.74) is 0.191. The molecule has 0 heterocycles. The third-order valence-corrected chi connectivity index (χ3v) is 6.44. The van der Waals surface area contributed by atoms with Crippen LogP contribution in [-0.4, -0.2) is 11.0 Å². The van der Waals surface area contributed by atoms with Crippen LogP contribution < -0.4 is 0 Å². The van der Waals surface area contributed by atoms with Crippen LogP contribution in [0, 0.1) is 0 Å². The Morgan fingerprint density at radius 1 is 1.18 bits per heavy atom. The number of hydrogen-bond acceptors (Lipinski definition) is 1. The third-order valence-electron chi connectivity index (χ3n) is 2.03. The zero-order valence-corrected chi connectivity index (χ0v) is 9.95. The predicted octanol–water partition coefficient (Wildman–Crippen LogP) is 4.32. The minimum atomic E-state index is -2.15. The lowest BCUT2D eigenvalue weighted by Gasteiger charge is -2.29. The highest BCUT2D eigenvalue weighted by Gasteiger charge is 2.32. The van der Waals surface area contributed by atoms with E-state index in [1.54, 1.807) is 0 Å². The average Bonchev–Trinajstić information content (AvgIpc) is 1.86. The highest BCUT2D eigenvalue weighted by Crippen LogP contribution is 2.65. The molecule has 0 N–H and O–H groups in total. The fraction of sp³-hybridized carbons (Fsp3) is 1.00. The first-order valence-electron chi connectivity index (χ1n) is 3.65. The fourth-order valence-corrected chi connectivity index (χ4v) is 5.91. The van der Waals surface area contributed by atoms with Crippen molar-refractivity contribution in [2.75, 3.05) is 0 Å². The molecule has 0 spiro atoms. The summed E-state index contributed by atoms with van der Waals surface area (Å²) >= 11 is 22.9. The molecule has 0 aromatic heterocycles. The minimum Gasteiger partial charge on any atom is -0.122 e. The standard InChI is InChI=1S/C6H10Cl3PS/c7-5-3-1-2-4-6(5)10(8,9)11/h5-6H,1-4H2/t5-,6+/m0/s1. The van der Waals surface area contributed by atoms with E-state index >= 15 is 0 Å². The highest BCUT2D eigenvalue weighted by atomic mass is 35.9. The van der Waals surface area contributed by atoms with Crippen molar-refractivity contribution in [1.29, 1.82) is 0 Å².